The summed E-state index contributed by atoms with van der Waals surface area (Å²) in [6, 6.07) is 15.8. The quantitative estimate of drug-likeness (QED) is 0.282. The van der Waals surface area contributed by atoms with E-state index in [0.29, 0.717) is 36.2 Å². The second-order valence-electron chi connectivity index (χ2n) is 7.69. The molecule has 3 rings (SSSR count). The summed E-state index contributed by atoms with van der Waals surface area (Å²) in [5, 5.41) is 7.53. The first-order valence-corrected chi connectivity index (χ1v) is 10.0. The highest BCUT2D eigenvalue weighted by Gasteiger charge is 2.46. The molecule has 1 heterocycles. The number of nitrogens with zero attached hydrogens (tertiary/aromatic N) is 1. The number of nitrogen functional groups attached to an aromatic ring is 1. The Morgan fingerprint density at radius 2 is 1.81 bits per heavy atom. The number of rotatable bonds is 6. The molecule has 2 atom stereocenters. The van der Waals surface area contributed by atoms with Crippen molar-refractivity contribution >= 4 is 29.4 Å². The number of hydrogen-bond donors (Lipinski definition) is 3. The normalized spacial score (nSPS) is 18.2. The highest BCUT2D eigenvalue weighted by Crippen LogP contribution is 2.38. The molecule has 1 aliphatic heterocycles. The van der Waals surface area contributed by atoms with Crippen LogP contribution in [0.15, 0.2) is 54.6 Å². The first-order valence-electron chi connectivity index (χ1n) is 10.0. The smallest absolute Gasteiger partial charge is 0.315 e. The van der Waals surface area contributed by atoms with E-state index in [2.05, 4.69) is 0 Å². The summed E-state index contributed by atoms with van der Waals surface area (Å²) in [5.74, 6) is -2.43. The molecule has 0 saturated carbocycles. The molecular weight excluding hydrogens is 396 g/mol. The summed E-state index contributed by atoms with van der Waals surface area (Å²) < 4.78 is 4.73. The van der Waals surface area contributed by atoms with Crippen molar-refractivity contribution in [1.82, 2.24) is 0 Å². The van der Waals surface area contributed by atoms with E-state index in [1.54, 1.807) is 53.4 Å². The van der Waals surface area contributed by atoms with Gasteiger partial charge < -0.3 is 21.1 Å². The molecule has 0 bridgehead atoms. The van der Waals surface area contributed by atoms with E-state index < -0.39 is 23.4 Å². The molecule has 2 unspecified atom stereocenters. The molecule has 8 nitrogen and oxygen atoms in total. The Balaban J connectivity index is 1.94. The average molecular weight is 422 g/mol. The Labute approximate surface area is 180 Å². The first-order chi connectivity index (χ1) is 14.7. The summed E-state index contributed by atoms with van der Waals surface area (Å²) in [6.45, 7) is 1.66. The average Bonchev–Trinajstić information content (AvgIpc) is 2.74. The molecule has 0 aliphatic carbocycles. The fraction of sp³-hybridized carbons (Fsp3) is 0.304. The van der Waals surface area contributed by atoms with E-state index >= 15 is 0 Å². The van der Waals surface area contributed by atoms with Gasteiger partial charge in [-0.05, 0) is 42.7 Å². The topological polar surface area (TPSA) is 140 Å². The second kappa shape index (κ2) is 9.09. The van der Waals surface area contributed by atoms with Crippen LogP contribution >= 0.6 is 0 Å². The van der Waals surface area contributed by atoms with Gasteiger partial charge in [0.15, 0.2) is 0 Å². The molecule has 1 aliphatic rings. The van der Waals surface area contributed by atoms with Crippen LogP contribution in [0.5, 0.6) is 0 Å². The molecule has 31 heavy (non-hydrogen) atoms. The molecule has 1 amide bonds. The third kappa shape index (κ3) is 4.80. The fourth-order valence-corrected chi connectivity index (χ4v) is 4.04. The largest absolute Gasteiger partial charge is 0.393 e. The molecule has 2 aromatic carbocycles. The maximum absolute atomic E-state index is 13.5. The van der Waals surface area contributed by atoms with Gasteiger partial charge in [-0.1, -0.05) is 30.3 Å². The minimum absolute atomic E-state index is 0.0524. The van der Waals surface area contributed by atoms with Gasteiger partial charge in [0.25, 0.3) is 0 Å². The van der Waals surface area contributed by atoms with Crippen molar-refractivity contribution < 1.29 is 19.1 Å². The van der Waals surface area contributed by atoms with Gasteiger partial charge in [-0.25, -0.2) is 0 Å². The fourth-order valence-electron chi connectivity index (χ4n) is 4.04. The number of carbonyl (C=O) groups excluding carboxylic acids is 3. The lowest BCUT2D eigenvalue weighted by atomic mass is 9.72. The number of esters is 2. The molecule has 5 N–H and O–H groups in total. The monoisotopic (exact) mass is 422 g/mol. The van der Waals surface area contributed by atoms with E-state index in [-0.39, 0.29) is 18.2 Å². The van der Waals surface area contributed by atoms with Crippen LogP contribution in [0.1, 0.15) is 37.3 Å². The zero-order valence-electron chi connectivity index (χ0n) is 17.3. The SMILES string of the molecule is CC(=O)OC(=O)CC(N)(c1ccccc1)C1CCCN(c2ccc(C(=N)N)cc2)C1=O. The number of anilines is 1. The van der Waals surface area contributed by atoms with Crippen molar-refractivity contribution in [2.75, 3.05) is 11.4 Å². The second-order valence-corrected chi connectivity index (χ2v) is 7.69. The molecule has 1 fully saturated rings. The number of benzene rings is 2. The van der Waals surface area contributed by atoms with Crippen molar-refractivity contribution in [2.45, 2.75) is 31.7 Å². The van der Waals surface area contributed by atoms with E-state index in [0.717, 1.165) is 6.92 Å². The van der Waals surface area contributed by atoms with Crippen LogP contribution in [0, 0.1) is 11.3 Å². The van der Waals surface area contributed by atoms with Crippen LogP contribution in [0.2, 0.25) is 0 Å². The summed E-state index contributed by atoms with van der Waals surface area (Å²) in [7, 11) is 0. The minimum Gasteiger partial charge on any atom is -0.393 e. The van der Waals surface area contributed by atoms with Gasteiger partial charge in [0.05, 0.1) is 17.9 Å². The maximum atomic E-state index is 13.5. The predicted octanol–water partition coefficient (Wildman–Crippen LogP) is 2.05. The van der Waals surface area contributed by atoms with E-state index in [9.17, 15) is 14.4 Å². The zero-order chi connectivity index (χ0) is 22.6. The van der Waals surface area contributed by atoms with Crippen molar-refractivity contribution in [1.29, 1.82) is 5.41 Å². The third-order valence-electron chi connectivity index (χ3n) is 5.56. The molecule has 162 valence electrons. The summed E-state index contributed by atoms with van der Waals surface area (Å²) in [6.07, 6.45) is 0.891. The third-order valence-corrected chi connectivity index (χ3v) is 5.56. The van der Waals surface area contributed by atoms with Gasteiger partial charge in [-0.2, -0.15) is 0 Å². The van der Waals surface area contributed by atoms with Crippen LogP contribution in [0.3, 0.4) is 0 Å². The molecule has 1 saturated heterocycles. The predicted molar refractivity (Wildman–Crippen MR) is 116 cm³/mol. The number of amides is 1. The molecule has 0 aromatic heterocycles. The van der Waals surface area contributed by atoms with Crippen LogP contribution < -0.4 is 16.4 Å². The van der Waals surface area contributed by atoms with Crippen LogP contribution in [-0.2, 0) is 24.7 Å². The van der Waals surface area contributed by atoms with E-state index in [4.69, 9.17) is 21.6 Å². The van der Waals surface area contributed by atoms with Crippen molar-refractivity contribution in [3.63, 3.8) is 0 Å². The van der Waals surface area contributed by atoms with Gasteiger partial charge >= 0.3 is 11.9 Å². The van der Waals surface area contributed by atoms with Crippen molar-refractivity contribution in [3.05, 3.63) is 65.7 Å². The van der Waals surface area contributed by atoms with E-state index in [1.165, 1.54) is 0 Å². The maximum Gasteiger partial charge on any atom is 0.315 e. The van der Waals surface area contributed by atoms with Gasteiger partial charge in [0.1, 0.15) is 5.84 Å². The number of ether oxygens (including phenoxy) is 1. The van der Waals surface area contributed by atoms with Gasteiger partial charge in [-0.15, -0.1) is 0 Å². The van der Waals surface area contributed by atoms with Crippen molar-refractivity contribution in [2.24, 2.45) is 17.4 Å². The standard InChI is InChI=1S/C23H26N4O4/c1-15(28)31-20(29)14-23(26,17-6-3-2-4-7-17)19-8-5-13-27(22(19)30)18-11-9-16(10-12-18)21(24)25/h2-4,6-7,9-12,19H,5,8,13-14,26H2,1H3,(H3,24,25). The Morgan fingerprint density at radius 1 is 1.16 bits per heavy atom. The van der Waals surface area contributed by atoms with E-state index in [1.807, 2.05) is 6.07 Å². The lowest BCUT2D eigenvalue weighted by Crippen LogP contribution is -2.55. The van der Waals surface area contributed by atoms with Crippen LogP contribution in [0.25, 0.3) is 0 Å². The number of carbonyl (C=O) groups is 3. The number of hydrogen-bond acceptors (Lipinski definition) is 6. The lowest BCUT2D eigenvalue weighted by molar-refractivity contribution is -0.159. The molecular formula is C23H26N4O4. The summed E-state index contributed by atoms with van der Waals surface area (Å²) >= 11 is 0. The highest BCUT2D eigenvalue weighted by molar-refractivity contribution is 5.99. The number of nitrogens with two attached hydrogens (primary N) is 2. The Morgan fingerprint density at radius 3 is 2.39 bits per heavy atom. The summed E-state index contributed by atoms with van der Waals surface area (Å²) in [4.78, 5) is 38.8. The Hall–Kier alpha value is -3.52. The number of amidine groups is 1. The lowest BCUT2D eigenvalue weighted by Gasteiger charge is -2.42. The zero-order valence-corrected chi connectivity index (χ0v) is 17.3. The van der Waals surface area contributed by atoms with Crippen LogP contribution in [0.4, 0.5) is 5.69 Å². The first kappa shape index (κ1) is 22.2. The van der Waals surface area contributed by atoms with Gasteiger partial charge in [-0.3, -0.25) is 19.8 Å². The minimum atomic E-state index is -1.33. The van der Waals surface area contributed by atoms with Gasteiger partial charge in [0, 0.05) is 24.7 Å². The van der Waals surface area contributed by atoms with Gasteiger partial charge in [0.2, 0.25) is 5.91 Å². The Kier molecular flexibility index (Phi) is 6.50. The summed E-state index contributed by atoms with van der Waals surface area (Å²) in [5.41, 5.74) is 12.8. The van der Waals surface area contributed by atoms with Crippen LogP contribution in [-0.4, -0.2) is 30.2 Å². The molecule has 0 spiro atoms. The number of piperidine rings is 1. The highest BCUT2D eigenvalue weighted by atomic mass is 16.6. The van der Waals surface area contributed by atoms with Crippen molar-refractivity contribution in [3.8, 4) is 0 Å². The number of nitrogens with one attached hydrogen (secondary N) is 1. The molecule has 8 heteroatoms. The Bertz CT molecular complexity index is 990. The molecule has 0 radical (unpaired) electrons. The molecule has 2 aromatic rings.